The Morgan fingerprint density at radius 1 is 1.28 bits per heavy atom. The predicted molar refractivity (Wildman–Crippen MR) is 70.2 cm³/mol. The lowest BCUT2D eigenvalue weighted by molar-refractivity contribution is 0.102. The van der Waals surface area contributed by atoms with Crippen LogP contribution in [0, 0.1) is 0 Å². The molecule has 92 valence electrons. The summed E-state index contributed by atoms with van der Waals surface area (Å²) in [6, 6.07) is 12.2. The zero-order valence-corrected chi connectivity index (χ0v) is 10.4. The molecule has 0 bridgehead atoms. The number of carbonyl (C=O) groups excluding carboxylic acids is 1. The average molecular weight is 263 g/mol. The Bertz CT molecular complexity index is 558. The summed E-state index contributed by atoms with van der Waals surface area (Å²) in [5, 5.41) is 2.97. The summed E-state index contributed by atoms with van der Waals surface area (Å²) >= 11 is 5.80. The van der Waals surface area contributed by atoms with Gasteiger partial charge in [-0.2, -0.15) is 0 Å². The highest BCUT2D eigenvalue weighted by molar-refractivity contribution is 6.30. The molecule has 2 rings (SSSR count). The molecule has 1 heterocycles. The molecule has 0 unspecified atom stereocenters. The van der Waals surface area contributed by atoms with Gasteiger partial charge in [0.25, 0.3) is 5.91 Å². The van der Waals surface area contributed by atoms with Crippen LogP contribution in [0.1, 0.15) is 10.4 Å². The summed E-state index contributed by atoms with van der Waals surface area (Å²) in [6.07, 6.45) is 0. The van der Waals surface area contributed by atoms with Gasteiger partial charge in [0.2, 0.25) is 5.88 Å². The molecule has 0 saturated heterocycles. The minimum absolute atomic E-state index is 0.215. The van der Waals surface area contributed by atoms with Crippen LogP contribution in [0.2, 0.25) is 5.15 Å². The Balaban J connectivity index is 2.21. The number of anilines is 1. The number of pyridine rings is 1. The van der Waals surface area contributed by atoms with Gasteiger partial charge < -0.3 is 10.1 Å². The first kappa shape index (κ1) is 12.4. The number of rotatable bonds is 3. The number of aromatic nitrogens is 1. The lowest BCUT2D eigenvalue weighted by Gasteiger charge is -2.06. The number of hydrogen-bond donors (Lipinski definition) is 1. The first-order chi connectivity index (χ1) is 8.69. The molecule has 5 heteroatoms. The quantitative estimate of drug-likeness (QED) is 0.865. The van der Waals surface area contributed by atoms with Crippen molar-refractivity contribution in [2.24, 2.45) is 0 Å². The zero-order valence-electron chi connectivity index (χ0n) is 9.68. The SMILES string of the molecule is COc1cc(C(=O)Nc2ccccc2)cc(Cl)n1. The number of halogens is 1. The summed E-state index contributed by atoms with van der Waals surface area (Å²) in [7, 11) is 1.47. The van der Waals surface area contributed by atoms with Crippen molar-refractivity contribution in [3.63, 3.8) is 0 Å². The standard InChI is InChI=1S/C13H11ClN2O2/c1-18-12-8-9(7-11(14)16-12)13(17)15-10-5-3-2-4-6-10/h2-8H,1H3,(H,15,17). The van der Waals surface area contributed by atoms with Gasteiger partial charge in [-0.1, -0.05) is 29.8 Å². The summed E-state index contributed by atoms with van der Waals surface area (Å²) in [5.74, 6) is 0.0458. The third kappa shape index (κ3) is 2.99. The molecular formula is C13H11ClN2O2. The van der Waals surface area contributed by atoms with Crippen molar-refractivity contribution in [2.75, 3.05) is 12.4 Å². The Labute approximate surface area is 110 Å². The van der Waals surface area contributed by atoms with E-state index in [0.717, 1.165) is 5.69 Å². The predicted octanol–water partition coefficient (Wildman–Crippen LogP) is 3.00. The van der Waals surface area contributed by atoms with Gasteiger partial charge in [-0.3, -0.25) is 4.79 Å². The van der Waals surface area contributed by atoms with Gasteiger partial charge in [-0.15, -0.1) is 0 Å². The van der Waals surface area contributed by atoms with Gasteiger partial charge in [0, 0.05) is 17.3 Å². The molecule has 0 aliphatic heterocycles. The van der Waals surface area contributed by atoms with Crippen molar-refractivity contribution in [1.82, 2.24) is 4.98 Å². The Kier molecular flexibility index (Phi) is 3.79. The van der Waals surface area contributed by atoms with Crippen LogP contribution in [0.5, 0.6) is 5.88 Å². The van der Waals surface area contributed by atoms with Crippen LogP contribution in [-0.4, -0.2) is 18.0 Å². The van der Waals surface area contributed by atoms with E-state index in [9.17, 15) is 4.79 Å². The number of amides is 1. The molecule has 2 aromatic rings. The van der Waals surface area contributed by atoms with Crippen LogP contribution in [0.4, 0.5) is 5.69 Å². The maximum atomic E-state index is 12.0. The Morgan fingerprint density at radius 2 is 2.00 bits per heavy atom. The topological polar surface area (TPSA) is 51.2 Å². The number of ether oxygens (including phenoxy) is 1. The van der Waals surface area contributed by atoms with E-state index in [0.29, 0.717) is 11.4 Å². The zero-order chi connectivity index (χ0) is 13.0. The largest absolute Gasteiger partial charge is 0.481 e. The van der Waals surface area contributed by atoms with Gasteiger partial charge in [0.1, 0.15) is 5.15 Å². The van der Waals surface area contributed by atoms with Crippen LogP contribution >= 0.6 is 11.6 Å². The van der Waals surface area contributed by atoms with Crippen molar-refractivity contribution < 1.29 is 9.53 Å². The van der Waals surface area contributed by atoms with E-state index in [1.807, 2.05) is 18.2 Å². The van der Waals surface area contributed by atoms with Crippen molar-refractivity contribution in [3.05, 3.63) is 53.2 Å². The van der Waals surface area contributed by atoms with Gasteiger partial charge in [0.05, 0.1) is 7.11 Å². The van der Waals surface area contributed by atoms with Crippen LogP contribution in [0.3, 0.4) is 0 Å². The lowest BCUT2D eigenvalue weighted by atomic mass is 10.2. The van der Waals surface area contributed by atoms with Gasteiger partial charge >= 0.3 is 0 Å². The Hall–Kier alpha value is -2.07. The fourth-order valence-corrected chi connectivity index (χ4v) is 1.63. The molecule has 1 aromatic heterocycles. The first-order valence-electron chi connectivity index (χ1n) is 5.27. The van der Waals surface area contributed by atoms with E-state index in [4.69, 9.17) is 16.3 Å². The number of benzene rings is 1. The van der Waals surface area contributed by atoms with Crippen LogP contribution in [-0.2, 0) is 0 Å². The lowest BCUT2D eigenvalue weighted by Crippen LogP contribution is -2.12. The number of nitrogens with zero attached hydrogens (tertiary/aromatic N) is 1. The van der Waals surface area contributed by atoms with E-state index >= 15 is 0 Å². The molecule has 4 nitrogen and oxygen atoms in total. The van der Waals surface area contributed by atoms with Gasteiger partial charge in [-0.05, 0) is 18.2 Å². The third-order valence-corrected chi connectivity index (χ3v) is 2.47. The fourth-order valence-electron chi connectivity index (χ4n) is 1.43. The number of nitrogens with one attached hydrogen (secondary N) is 1. The number of hydrogen-bond acceptors (Lipinski definition) is 3. The van der Waals surface area contributed by atoms with Crippen molar-refractivity contribution in [3.8, 4) is 5.88 Å². The fraction of sp³-hybridized carbons (Fsp3) is 0.0769. The summed E-state index contributed by atoms with van der Waals surface area (Å²) < 4.78 is 4.96. The van der Waals surface area contributed by atoms with Crippen LogP contribution in [0.15, 0.2) is 42.5 Å². The van der Waals surface area contributed by atoms with Gasteiger partial charge in [-0.25, -0.2) is 4.98 Å². The van der Waals surface area contributed by atoms with Crippen LogP contribution < -0.4 is 10.1 Å². The summed E-state index contributed by atoms with van der Waals surface area (Å²) in [6.45, 7) is 0. The number of methoxy groups -OCH3 is 1. The summed E-state index contributed by atoms with van der Waals surface area (Å²) in [4.78, 5) is 15.9. The van der Waals surface area contributed by atoms with E-state index in [-0.39, 0.29) is 11.1 Å². The number of para-hydroxylation sites is 1. The van der Waals surface area contributed by atoms with E-state index in [2.05, 4.69) is 10.3 Å². The molecule has 0 fully saturated rings. The smallest absolute Gasteiger partial charge is 0.255 e. The van der Waals surface area contributed by atoms with E-state index < -0.39 is 0 Å². The minimum Gasteiger partial charge on any atom is -0.481 e. The monoisotopic (exact) mass is 262 g/mol. The molecule has 0 saturated carbocycles. The highest BCUT2D eigenvalue weighted by atomic mass is 35.5. The normalized spacial score (nSPS) is 9.89. The van der Waals surface area contributed by atoms with Crippen molar-refractivity contribution in [1.29, 1.82) is 0 Å². The highest BCUT2D eigenvalue weighted by Crippen LogP contribution is 2.17. The second-order valence-corrected chi connectivity index (χ2v) is 3.93. The second kappa shape index (κ2) is 5.51. The molecule has 0 radical (unpaired) electrons. The molecule has 1 aromatic carbocycles. The van der Waals surface area contributed by atoms with Crippen molar-refractivity contribution >= 4 is 23.2 Å². The molecule has 18 heavy (non-hydrogen) atoms. The Morgan fingerprint density at radius 3 is 2.67 bits per heavy atom. The van der Waals surface area contributed by atoms with E-state index in [1.165, 1.54) is 19.2 Å². The van der Waals surface area contributed by atoms with E-state index in [1.54, 1.807) is 12.1 Å². The first-order valence-corrected chi connectivity index (χ1v) is 5.65. The minimum atomic E-state index is -0.260. The van der Waals surface area contributed by atoms with Crippen molar-refractivity contribution in [2.45, 2.75) is 0 Å². The molecule has 0 aliphatic rings. The molecule has 1 N–H and O–H groups in total. The van der Waals surface area contributed by atoms with Crippen LogP contribution in [0.25, 0.3) is 0 Å². The molecule has 0 aliphatic carbocycles. The second-order valence-electron chi connectivity index (χ2n) is 3.54. The summed E-state index contributed by atoms with van der Waals surface area (Å²) in [5.41, 5.74) is 1.12. The maximum absolute atomic E-state index is 12.0. The average Bonchev–Trinajstić information content (AvgIpc) is 2.39. The molecule has 0 spiro atoms. The third-order valence-electron chi connectivity index (χ3n) is 2.27. The maximum Gasteiger partial charge on any atom is 0.255 e. The number of carbonyl (C=O) groups is 1. The molecular weight excluding hydrogens is 252 g/mol. The molecule has 1 amide bonds. The molecule has 0 atom stereocenters. The highest BCUT2D eigenvalue weighted by Gasteiger charge is 2.09. The van der Waals surface area contributed by atoms with Gasteiger partial charge in [0.15, 0.2) is 0 Å².